The standard InChI is InChI=1S/C17H15ClF2N2O5S/c1-22(2)28(25,26)11-4-5-13(18)12(8-11)17(24)27-9-16(23)21-10-3-6-14(19)15(20)7-10/h3-8H,9H2,1-2H3,(H,21,23). The van der Waals surface area contributed by atoms with Crippen molar-refractivity contribution in [2.75, 3.05) is 26.0 Å². The summed E-state index contributed by atoms with van der Waals surface area (Å²) in [6.07, 6.45) is 0. The molecule has 2 rings (SSSR count). The maximum absolute atomic E-state index is 13.1. The number of halogens is 3. The van der Waals surface area contributed by atoms with Crippen LogP contribution in [0, 0.1) is 11.6 Å². The Morgan fingerprint density at radius 2 is 1.79 bits per heavy atom. The Morgan fingerprint density at radius 1 is 1.11 bits per heavy atom. The van der Waals surface area contributed by atoms with Crippen molar-refractivity contribution >= 4 is 39.2 Å². The zero-order valence-corrected chi connectivity index (χ0v) is 16.3. The van der Waals surface area contributed by atoms with Crippen molar-refractivity contribution in [1.29, 1.82) is 0 Å². The summed E-state index contributed by atoms with van der Waals surface area (Å²) in [7, 11) is -1.16. The molecule has 0 spiro atoms. The van der Waals surface area contributed by atoms with E-state index in [0.29, 0.717) is 0 Å². The van der Waals surface area contributed by atoms with Gasteiger partial charge >= 0.3 is 5.97 Å². The average molecular weight is 433 g/mol. The van der Waals surface area contributed by atoms with Crippen LogP contribution in [0.1, 0.15) is 10.4 Å². The van der Waals surface area contributed by atoms with E-state index in [0.717, 1.165) is 28.6 Å². The van der Waals surface area contributed by atoms with Crippen LogP contribution < -0.4 is 5.32 Å². The fraction of sp³-hybridized carbons (Fsp3) is 0.176. The summed E-state index contributed by atoms with van der Waals surface area (Å²) in [4.78, 5) is 23.8. The van der Waals surface area contributed by atoms with Crippen LogP contribution in [0.5, 0.6) is 0 Å². The average Bonchev–Trinajstić information content (AvgIpc) is 2.63. The molecule has 7 nitrogen and oxygen atoms in total. The maximum atomic E-state index is 13.1. The summed E-state index contributed by atoms with van der Waals surface area (Å²) in [5, 5.41) is 2.16. The maximum Gasteiger partial charge on any atom is 0.340 e. The van der Waals surface area contributed by atoms with E-state index in [-0.39, 0.29) is 21.2 Å². The Labute approximate surface area is 164 Å². The molecule has 0 aliphatic heterocycles. The summed E-state index contributed by atoms with van der Waals surface area (Å²) in [6, 6.07) is 6.20. The molecule has 0 atom stereocenters. The predicted molar refractivity (Wildman–Crippen MR) is 97.6 cm³/mol. The van der Waals surface area contributed by atoms with Crippen LogP contribution >= 0.6 is 11.6 Å². The number of anilines is 1. The van der Waals surface area contributed by atoms with Crippen molar-refractivity contribution in [3.8, 4) is 0 Å². The highest BCUT2D eigenvalue weighted by atomic mass is 35.5. The largest absolute Gasteiger partial charge is 0.452 e. The number of nitrogens with one attached hydrogen (secondary N) is 1. The number of benzene rings is 2. The molecule has 28 heavy (non-hydrogen) atoms. The highest BCUT2D eigenvalue weighted by molar-refractivity contribution is 7.89. The van der Waals surface area contributed by atoms with Crippen LogP contribution in [-0.4, -0.2) is 45.3 Å². The number of hydrogen-bond donors (Lipinski definition) is 1. The fourth-order valence-corrected chi connectivity index (χ4v) is 3.14. The van der Waals surface area contributed by atoms with E-state index in [9.17, 15) is 26.8 Å². The van der Waals surface area contributed by atoms with E-state index in [1.54, 1.807) is 0 Å². The smallest absolute Gasteiger partial charge is 0.340 e. The number of ether oxygens (including phenoxy) is 1. The molecule has 0 radical (unpaired) electrons. The second-order valence-electron chi connectivity index (χ2n) is 5.68. The summed E-state index contributed by atoms with van der Waals surface area (Å²) in [5.74, 6) is -4.07. The van der Waals surface area contributed by atoms with E-state index in [1.807, 2.05) is 0 Å². The Kier molecular flexibility index (Phi) is 6.70. The number of carbonyl (C=O) groups excluding carboxylic acids is 2. The second kappa shape index (κ2) is 8.63. The first kappa shape index (κ1) is 21.7. The number of hydrogen-bond acceptors (Lipinski definition) is 5. The van der Waals surface area contributed by atoms with Crippen LogP contribution in [0.4, 0.5) is 14.5 Å². The van der Waals surface area contributed by atoms with Gasteiger partial charge in [-0.25, -0.2) is 26.3 Å². The third-order valence-electron chi connectivity index (χ3n) is 3.47. The number of sulfonamides is 1. The summed E-state index contributed by atoms with van der Waals surface area (Å²) in [6.45, 7) is -0.751. The van der Waals surface area contributed by atoms with Gasteiger partial charge in [0.25, 0.3) is 5.91 Å². The Morgan fingerprint density at radius 3 is 2.39 bits per heavy atom. The molecule has 150 valence electrons. The molecule has 0 saturated carbocycles. The van der Waals surface area contributed by atoms with Crippen LogP contribution in [0.15, 0.2) is 41.3 Å². The fourth-order valence-electron chi connectivity index (χ4n) is 2.01. The minimum atomic E-state index is -3.81. The van der Waals surface area contributed by atoms with Gasteiger partial charge in [0.15, 0.2) is 18.2 Å². The van der Waals surface area contributed by atoms with Gasteiger partial charge in [-0.3, -0.25) is 4.79 Å². The molecule has 2 aromatic rings. The molecule has 0 unspecified atom stereocenters. The first-order valence-corrected chi connectivity index (χ1v) is 9.48. The van der Waals surface area contributed by atoms with E-state index in [1.165, 1.54) is 26.2 Å². The van der Waals surface area contributed by atoms with Crippen molar-refractivity contribution in [3.05, 3.63) is 58.6 Å². The van der Waals surface area contributed by atoms with Crippen molar-refractivity contribution in [2.45, 2.75) is 4.90 Å². The van der Waals surface area contributed by atoms with E-state index < -0.39 is 40.1 Å². The first-order valence-electron chi connectivity index (χ1n) is 7.66. The van der Waals surface area contributed by atoms with Crippen molar-refractivity contribution in [2.24, 2.45) is 0 Å². The number of nitrogens with zero attached hydrogens (tertiary/aromatic N) is 1. The topological polar surface area (TPSA) is 92.8 Å². The van der Waals surface area contributed by atoms with E-state index >= 15 is 0 Å². The van der Waals surface area contributed by atoms with Crippen molar-refractivity contribution in [3.63, 3.8) is 0 Å². The van der Waals surface area contributed by atoms with Gasteiger partial charge in [0, 0.05) is 25.8 Å². The molecule has 0 aromatic heterocycles. The Balaban J connectivity index is 2.08. The van der Waals surface area contributed by atoms with Gasteiger partial charge in [0.2, 0.25) is 10.0 Å². The lowest BCUT2D eigenvalue weighted by Crippen LogP contribution is -2.23. The zero-order chi connectivity index (χ0) is 21.1. The number of carbonyl (C=O) groups is 2. The van der Waals surface area contributed by atoms with Gasteiger partial charge in [-0.1, -0.05) is 11.6 Å². The third-order valence-corrected chi connectivity index (χ3v) is 5.61. The Hall–Kier alpha value is -2.56. The Bertz CT molecular complexity index is 1030. The van der Waals surface area contributed by atoms with Crippen LogP contribution in [0.3, 0.4) is 0 Å². The van der Waals surface area contributed by atoms with Crippen molar-refractivity contribution in [1.82, 2.24) is 4.31 Å². The zero-order valence-electron chi connectivity index (χ0n) is 14.7. The summed E-state index contributed by atoms with van der Waals surface area (Å²) < 4.78 is 56.1. The minimum absolute atomic E-state index is 0.0305. The molecule has 1 N–H and O–H groups in total. The van der Waals surface area contributed by atoms with Gasteiger partial charge < -0.3 is 10.1 Å². The van der Waals surface area contributed by atoms with E-state index in [4.69, 9.17) is 16.3 Å². The van der Waals surface area contributed by atoms with Crippen LogP contribution in [0.25, 0.3) is 0 Å². The van der Waals surface area contributed by atoms with Gasteiger partial charge in [-0.05, 0) is 30.3 Å². The highest BCUT2D eigenvalue weighted by Crippen LogP contribution is 2.23. The molecule has 1 amide bonds. The highest BCUT2D eigenvalue weighted by Gasteiger charge is 2.22. The molecule has 2 aromatic carbocycles. The molecule has 0 heterocycles. The molecule has 0 saturated heterocycles. The lowest BCUT2D eigenvalue weighted by atomic mass is 10.2. The number of rotatable bonds is 6. The van der Waals surface area contributed by atoms with Crippen molar-refractivity contribution < 1.29 is 31.5 Å². The lowest BCUT2D eigenvalue weighted by molar-refractivity contribution is -0.119. The van der Waals surface area contributed by atoms with Gasteiger partial charge in [-0.15, -0.1) is 0 Å². The number of esters is 1. The first-order chi connectivity index (χ1) is 13.0. The van der Waals surface area contributed by atoms with E-state index in [2.05, 4.69) is 5.32 Å². The predicted octanol–water partition coefficient (Wildman–Crippen LogP) is 2.66. The SMILES string of the molecule is CN(C)S(=O)(=O)c1ccc(Cl)c(C(=O)OCC(=O)Nc2ccc(F)c(F)c2)c1. The summed E-state index contributed by atoms with van der Waals surface area (Å²) >= 11 is 5.91. The molecule has 11 heteroatoms. The molecule has 0 aliphatic carbocycles. The van der Waals surface area contributed by atoms with Crippen LogP contribution in [0.2, 0.25) is 5.02 Å². The molecule has 0 aliphatic rings. The molecular formula is C17H15ClF2N2O5S. The quantitative estimate of drug-likeness (QED) is 0.708. The normalized spacial score (nSPS) is 11.4. The monoisotopic (exact) mass is 432 g/mol. The van der Waals surface area contributed by atoms with Gasteiger partial charge in [0.1, 0.15) is 0 Å². The van der Waals surface area contributed by atoms with Gasteiger partial charge in [0.05, 0.1) is 15.5 Å². The molecular weight excluding hydrogens is 418 g/mol. The minimum Gasteiger partial charge on any atom is -0.452 e. The second-order valence-corrected chi connectivity index (χ2v) is 8.24. The molecule has 0 fully saturated rings. The van der Waals surface area contributed by atoms with Gasteiger partial charge in [-0.2, -0.15) is 0 Å². The van der Waals surface area contributed by atoms with Crippen LogP contribution in [-0.2, 0) is 19.6 Å². The third kappa shape index (κ3) is 5.03. The summed E-state index contributed by atoms with van der Waals surface area (Å²) in [5.41, 5.74) is -0.276. The lowest BCUT2D eigenvalue weighted by Gasteiger charge is -2.13. The molecule has 0 bridgehead atoms. The number of amides is 1.